The number of rotatable bonds is 6. The number of fused-ring (bicyclic) bond motifs is 2. The molecule has 34 heavy (non-hydrogen) atoms. The normalized spacial score (nSPS) is 27.8. The highest BCUT2D eigenvalue weighted by atomic mass is 16.8. The summed E-state index contributed by atoms with van der Waals surface area (Å²) in [4.78, 5) is 22.3. The van der Waals surface area contributed by atoms with E-state index < -0.39 is 35.9 Å². The molecule has 0 saturated carbocycles. The summed E-state index contributed by atoms with van der Waals surface area (Å²) in [6.07, 6.45) is -0.420. The maximum absolute atomic E-state index is 11.9. The SMILES string of the molecule is CC(C)OC(=O)OC[C@H]1O[C@@](C#N)(c2ccc3c(N=CN(C)C)ncnn23)[C@@H]2OC(C)(C)O[C@@H]21. The smallest absolute Gasteiger partial charge is 0.432 e. The van der Waals surface area contributed by atoms with E-state index in [9.17, 15) is 10.1 Å². The lowest BCUT2D eigenvalue weighted by atomic mass is 9.92. The van der Waals surface area contributed by atoms with Gasteiger partial charge in [0, 0.05) is 14.1 Å². The fraction of sp³-hybridized carbons (Fsp3) is 0.591. The van der Waals surface area contributed by atoms with E-state index in [0.29, 0.717) is 17.0 Å². The molecule has 2 saturated heterocycles. The fourth-order valence-electron chi connectivity index (χ4n) is 4.08. The number of nitriles is 1. The Morgan fingerprint density at radius 2 is 2.12 bits per heavy atom. The molecule has 2 aliphatic rings. The topological polar surface area (TPSA) is 133 Å². The van der Waals surface area contributed by atoms with Crippen LogP contribution in [0.3, 0.4) is 0 Å². The van der Waals surface area contributed by atoms with Crippen LogP contribution in [0.1, 0.15) is 33.4 Å². The van der Waals surface area contributed by atoms with Crippen molar-refractivity contribution >= 4 is 23.8 Å². The highest BCUT2D eigenvalue weighted by Gasteiger charge is 2.65. The highest BCUT2D eigenvalue weighted by Crippen LogP contribution is 2.49. The maximum atomic E-state index is 11.9. The summed E-state index contributed by atoms with van der Waals surface area (Å²) in [5.74, 6) is -0.543. The molecule has 4 atom stereocenters. The zero-order chi connectivity index (χ0) is 24.7. The van der Waals surface area contributed by atoms with Crippen LogP contribution in [0.15, 0.2) is 23.5 Å². The average molecular weight is 473 g/mol. The Labute approximate surface area is 197 Å². The Balaban J connectivity index is 1.71. The lowest BCUT2D eigenvalue weighted by Crippen LogP contribution is -2.40. The molecule has 12 heteroatoms. The van der Waals surface area contributed by atoms with Crippen molar-refractivity contribution in [1.82, 2.24) is 19.5 Å². The van der Waals surface area contributed by atoms with Crippen molar-refractivity contribution in [3.63, 3.8) is 0 Å². The van der Waals surface area contributed by atoms with Crippen molar-refractivity contribution in [2.45, 2.75) is 63.5 Å². The summed E-state index contributed by atoms with van der Waals surface area (Å²) < 4.78 is 30.2. The first-order valence-corrected chi connectivity index (χ1v) is 10.9. The molecule has 0 aromatic carbocycles. The number of nitrogens with zero attached hydrogens (tertiary/aromatic N) is 6. The van der Waals surface area contributed by atoms with E-state index in [1.807, 2.05) is 14.1 Å². The molecule has 0 bridgehead atoms. The van der Waals surface area contributed by atoms with Gasteiger partial charge in [-0.2, -0.15) is 10.4 Å². The zero-order valence-electron chi connectivity index (χ0n) is 20.0. The Bertz CT molecular complexity index is 1140. The predicted molar refractivity (Wildman–Crippen MR) is 118 cm³/mol. The predicted octanol–water partition coefficient (Wildman–Crippen LogP) is 2.15. The van der Waals surface area contributed by atoms with Crippen LogP contribution in [0, 0.1) is 11.3 Å². The van der Waals surface area contributed by atoms with Gasteiger partial charge < -0.3 is 28.6 Å². The van der Waals surface area contributed by atoms with Gasteiger partial charge in [-0.1, -0.05) is 0 Å². The number of aliphatic imine (C=N–C) groups is 1. The summed E-state index contributed by atoms with van der Waals surface area (Å²) >= 11 is 0. The lowest BCUT2D eigenvalue weighted by molar-refractivity contribution is -0.205. The van der Waals surface area contributed by atoms with Crippen molar-refractivity contribution in [1.29, 1.82) is 5.26 Å². The number of ether oxygens (including phenoxy) is 5. The van der Waals surface area contributed by atoms with E-state index >= 15 is 0 Å². The quantitative estimate of drug-likeness (QED) is 0.350. The van der Waals surface area contributed by atoms with Crippen LogP contribution in [-0.2, 0) is 29.3 Å². The van der Waals surface area contributed by atoms with E-state index in [1.54, 1.807) is 55.6 Å². The van der Waals surface area contributed by atoms with Crippen LogP contribution >= 0.6 is 0 Å². The van der Waals surface area contributed by atoms with Gasteiger partial charge >= 0.3 is 6.16 Å². The monoisotopic (exact) mass is 472 g/mol. The molecule has 0 amide bonds. The third-order valence-corrected chi connectivity index (χ3v) is 5.32. The number of hydrogen-bond donors (Lipinski definition) is 0. The maximum Gasteiger partial charge on any atom is 0.508 e. The first-order chi connectivity index (χ1) is 16.1. The van der Waals surface area contributed by atoms with E-state index in [1.165, 1.54) is 6.33 Å². The van der Waals surface area contributed by atoms with Gasteiger partial charge in [-0.25, -0.2) is 19.3 Å². The Hall–Kier alpha value is -3.27. The minimum absolute atomic E-state index is 0.174. The van der Waals surface area contributed by atoms with Gasteiger partial charge in [0.15, 0.2) is 11.6 Å². The molecule has 0 radical (unpaired) electrons. The average Bonchev–Trinajstić information content (AvgIpc) is 3.41. The lowest BCUT2D eigenvalue weighted by Gasteiger charge is -2.28. The number of aromatic nitrogens is 3. The Kier molecular flexibility index (Phi) is 6.20. The van der Waals surface area contributed by atoms with Crippen LogP contribution in [0.5, 0.6) is 0 Å². The van der Waals surface area contributed by atoms with Crippen LogP contribution in [0.2, 0.25) is 0 Å². The molecule has 2 aromatic rings. The molecular weight excluding hydrogens is 444 g/mol. The van der Waals surface area contributed by atoms with Gasteiger partial charge in [0.25, 0.3) is 0 Å². The number of carbonyl (C=O) groups is 1. The Morgan fingerprint density at radius 3 is 2.79 bits per heavy atom. The van der Waals surface area contributed by atoms with Crippen molar-refractivity contribution < 1.29 is 28.5 Å². The second-order valence-electron chi connectivity index (χ2n) is 9.06. The van der Waals surface area contributed by atoms with Crippen molar-refractivity contribution in [2.75, 3.05) is 20.7 Å². The molecule has 182 valence electrons. The molecule has 0 unspecified atom stereocenters. The van der Waals surface area contributed by atoms with Gasteiger partial charge in [-0.15, -0.1) is 0 Å². The highest BCUT2D eigenvalue weighted by molar-refractivity contribution is 5.71. The largest absolute Gasteiger partial charge is 0.508 e. The van der Waals surface area contributed by atoms with Gasteiger partial charge in [0.1, 0.15) is 42.8 Å². The fourth-order valence-corrected chi connectivity index (χ4v) is 4.08. The van der Waals surface area contributed by atoms with Crippen molar-refractivity contribution in [2.24, 2.45) is 4.99 Å². The summed E-state index contributed by atoms with van der Waals surface area (Å²) in [7, 11) is 3.70. The van der Waals surface area contributed by atoms with Crippen LogP contribution in [-0.4, -0.2) is 82.9 Å². The summed E-state index contributed by atoms with van der Waals surface area (Å²) in [5.41, 5.74) is -0.571. The molecule has 0 N–H and O–H groups in total. The second kappa shape index (κ2) is 8.83. The van der Waals surface area contributed by atoms with Crippen molar-refractivity contribution in [3.8, 4) is 6.07 Å². The van der Waals surface area contributed by atoms with Gasteiger partial charge in [-0.3, -0.25) is 0 Å². The Morgan fingerprint density at radius 1 is 1.35 bits per heavy atom. The molecular formula is C22H28N6O6. The van der Waals surface area contributed by atoms with Crippen LogP contribution < -0.4 is 0 Å². The van der Waals surface area contributed by atoms with Gasteiger partial charge in [0.05, 0.1) is 18.1 Å². The molecule has 2 aromatic heterocycles. The molecule has 0 aliphatic carbocycles. The van der Waals surface area contributed by atoms with E-state index in [-0.39, 0.29) is 12.7 Å². The number of carbonyl (C=O) groups excluding carboxylic acids is 1. The molecule has 2 aliphatic heterocycles. The van der Waals surface area contributed by atoms with E-state index in [0.717, 1.165) is 0 Å². The molecule has 12 nitrogen and oxygen atoms in total. The third-order valence-electron chi connectivity index (χ3n) is 5.32. The summed E-state index contributed by atoms with van der Waals surface area (Å²) in [6.45, 7) is 6.77. The number of hydrogen-bond acceptors (Lipinski definition) is 10. The zero-order valence-corrected chi connectivity index (χ0v) is 20.0. The van der Waals surface area contributed by atoms with Crippen LogP contribution in [0.25, 0.3) is 5.52 Å². The standard InChI is InChI=1S/C22H28N6O6/c1-13(2)31-20(29)30-9-15-17-18(34-21(3,4)33-17)22(10-23,32-15)16-8-7-14-19(25-12-27(5)6)24-11-26-28(14)16/h7-8,11-13,15,17-18H,9H2,1-6H3/t15-,17-,18-,22+/m1/s1. The first-order valence-electron chi connectivity index (χ1n) is 10.9. The van der Waals surface area contributed by atoms with Gasteiger partial charge in [0.2, 0.25) is 5.60 Å². The van der Waals surface area contributed by atoms with Crippen molar-refractivity contribution in [3.05, 3.63) is 24.2 Å². The van der Waals surface area contributed by atoms with E-state index in [4.69, 9.17) is 23.7 Å². The first kappa shape index (κ1) is 23.9. The summed E-state index contributed by atoms with van der Waals surface area (Å²) in [5, 5.41) is 14.7. The minimum atomic E-state index is -1.59. The van der Waals surface area contributed by atoms with E-state index in [2.05, 4.69) is 21.1 Å². The molecule has 4 heterocycles. The van der Waals surface area contributed by atoms with Gasteiger partial charge in [-0.05, 0) is 39.8 Å². The molecule has 2 fully saturated rings. The molecule has 0 spiro atoms. The second-order valence-corrected chi connectivity index (χ2v) is 9.06. The van der Waals surface area contributed by atoms with Crippen LogP contribution in [0.4, 0.5) is 10.6 Å². The summed E-state index contributed by atoms with van der Waals surface area (Å²) in [6, 6.07) is 5.76. The molecule has 4 rings (SSSR count). The minimum Gasteiger partial charge on any atom is -0.432 e. The third kappa shape index (κ3) is 4.29.